The minimum atomic E-state index is -0.284. The second-order valence-electron chi connectivity index (χ2n) is 3.32. The van der Waals surface area contributed by atoms with Gasteiger partial charge in [-0.25, -0.2) is 0 Å². The van der Waals surface area contributed by atoms with E-state index in [0.717, 1.165) is 12.0 Å². The Morgan fingerprint density at radius 1 is 1.33 bits per heavy atom. The van der Waals surface area contributed by atoms with Crippen molar-refractivity contribution >= 4 is 0 Å². The Labute approximate surface area is 73.0 Å². The highest BCUT2D eigenvalue weighted by Gasteiger charge is 2.17. The standard InChI is InChI=1S/C10H15NO/c1-3-10(2,11)8-4-6-9(12)7-5-8/h4-7,12H,3,11H2,1-2H3/t10-/m1/s1. The molecule has 3 N–H and O–H groups in total. The Morgan fingerprint density at radius 3 is 2.25 bits per heavy atom. The van der Waals surface area contributed by atoms with Crippen LogP contribution in [-0.4, -0.2) is 5.11 Å². The summed E-state index contributed by atoms with van der Waals surface area (Å²) >= 11 is 0. The third-order valence-electron chi connectivity index (χ3n) is 2.26. The van der Waals surface area contributed by atoms with Gasteiger partial charge in [-0.3, -0.25) is 0 Å². The normalized spacial score (nSPS) is 15.6. The first-order chi connectivity index (χ1) is 5.56. The molecule has 0 saturated carbocycles. The van der Waals surface area contributed by atoms with Crippen molar-refractivity contribution in [1.29, 1.82) is 0 Å². The van der Waals surface area contributed by atoms with E-state index in [0.29, 0.717) is 0 Å². The number of hydrogen-bond acceptors (Lipinski definition) is 2. The van der Waals surface area contributed by atoms with Gasteiger partial charge < -0.3 is 10.8 Å². The third-order valence-corrected chi connectivity index (χ3v) is 2.26. The fraction of sp³-hybridized carbons (Fsp3) is 0.400. The van der Waals surface area contributed by atoms with Gasteiger partial charge in [0, 0.05) is 5.54 Å². The molecule has 1 atom stereocenters. The Kier molecular flexibility index (Phi) is 2.38. The molecule has 1 aromatic carbocycles. The average Bonchev–Trinajstić information content (AvgIpc) is 2.05. The number of aromatic hydroxyl groups is 1. The number of hydrogen-bond donors (Lipinski definition) is 2. The quantitative estimate of drug-likeness (QED) is 0.703. The number of benzene rings is 1. The third kappa shape index (κ3) is 1.77. The first-order valence-corrected chi connectivity index (χ1v) is 4.14. The van der Waals surface area contributed by atoms with Crippen molar-refractivity contribution in [1.82, 2.24) is 0 Å². The van der Waals surface area contributed by atoms with E-state index in [1.165, 1.54) is 0 Å². The summed E-state index contributed by atoms with van der Waals surface area (Å²) in [6, 6.07) is 7.05. The van der Waals surface area contributed by atoms with Crippen LogP contribution in [0, 0.1) is 0 Å². The monoisotopic (exact) mass is 165 g/mol. The Bertz CT molecular complexity index is 251. The predicted molar refractivity (Wildman–Crippen MR) is 49.9 cm³/mol. The summed E-state index contributed by atoms with van der Waals surface area (Å²) in [5, 5.41) is 9.05. The van der Waals surface area contributed by atoms with Crippen LogP contribution in [0.15, 0.2) is 24.3 Å². The van der Waals surface area contributed by atoms with Crippen molar-refractivity contribution in [2.45, 2.75) is 25.8 Å². The van der Waals surface area contributed by atoms with Crippen molar-refractivity contribution < 1.29 is 5.11 Å². The van der Waals surface area contributed by atoms with Gasteiger partial charge in [0.15, 0.2) is 0 Å². The van der Waals surface area contributed by atoms with Gasteiger partial charge in [-0.2, -0.15) is 0 Å². The lowest BCUT2D eigenvalue weighted by molar-refractivity contribution is 0.464. The van der Waals surface area contributed by atoms with Crippen LogP contribution in [0.4, 0.5) is 0 Å². The summed E-state index contributed by atoms with van der Waals surface area (Å²) < 4.78 is 0. The minimum Gasteiger partial charge on any atom is -0.508 e. The van der Waals surface area contributed by atoms with E-state index < -0.39 is 0 Å². The van der Waals surface area contributed by atoms with E-state index in [1.54, 1.807) is 12.1 Å². The minimum absolute atomic E-state index is 0.283. The van der Waals surface area contributed by atoms with Gasteiger partial charge in [-0.15, -0.1) is 0 Å². The van der Waals surface area contributed by atoms with Crippen LogP contribution >= 0.6 is 0 Å². The second kappa shape index (κ2) is 3.15. The zero-order valence-electron chi connectivity index (χ0n) is 7.54. The van der Waals surface area contributed by atoms with E-state index in [4.69, 9.17) is 10.8 Å². The van der Waals surface area contributed by atoms with Crippen molar-refractivity contribution in [3.63, 3.8) is 0 Å². The molecule has 2 heteroatoms. The fourth-order valence-corrected chi connectivity index (χ4v) is 1.05. The smallest absolute Gasteiger partial charge is 0.115 e. The van der Waals surface area contributed by atoms with E-state index in [1.807, 2.05) is 26.0 Å². The Balaban J connectivity index is 2.96. The molecule has 0 saturated heterocycles. The van der Waals surface area contributed by atoms with Gasteiger partial charge in [0.2, 0.25) is 0 Å². The summed E-state index contributed by atoms with van der Waals surface area (Å²) in [7, 11) is 0. The molecule has 66 valence electrons. The van der Waals surface area contributed by atoms with E-state index in [9.17, 15) is 0 Å². The molecule has 2 nitrogen and oxygen atoms in total. The van der Waals surface area contributed by atoms with E-state index in [-0.39, 0.29) is 11.3 Å². The zero-order valence-corrected chi connectivity index (χ0v) is 7.54. The second-order valence-corrected chi connectivity index (χ2v) is 3.32. The molecule has 0 aliphatic heterocycles. The van der Waals surface area contributed by atoms with Crippen LogP contribution in [0.1, 0.15) is 25.8 Å². The fourth-order valence-electron chi connectivity index (χ4n) is 1.05. The Morgan fingerprint density at radius 2 is 1.83 bits per heavy atom. The number of nitrogens with two attached hydrogens (primary N) is 1. The molecule has 0 aliphatic rings. The lowest BCUT2D eigenvalue weighted by atomic mass is 9.91. The molecule has 0 unspecified atom stereocenters. The maximum absolute atomic E-state index is 9.05. The highest BCUT2D eigenvalue weighted by molar-refractivity contribution is 5.30. The first-order valence-electron chi connectivity index (χ1n) is 4.14. The molecule has 12 heavy (non-hydrogen) atoms. The number of phenolic OH excluding ortho intramolecular Hbond substituents is 1. The maximum Gasteiger partial charge on any atom is 0.115 e. The van der Waals surface area contributed by atoms with Crippen LogP contribution in [0.2, 0.25) is 0 Å². The van der Waals surface area contributed by atoms with Crippen molar-refractivity contribution in [3.05, 3.63) is 29.8 Å². The molecule has 0 aromatic heterocycles. The summed E-state index contributed by atoms with van der Waals surface area (Å²) in [5.74, 6) is 0.283. The van der Waals surface area contributed by atoms with Gasteiger partial charge in [0.05, 0.1) is 0 Å². The lowest BCUT2D eigenvalue weighted by Crippen LogP contribution is -2.31. The number of phenols is 1. The Hall–Kier alpha value is -1.02. The molecule has 0 bridgehead atoms. The van der Waals surface area contributed by atoms with Gasteiger partial charge in [0.25, 0.3) is 0 Å². The highest BCUT2D eigenvalue weighted by atomic mass is 16.3. The molecule has 0 amide bonds. The van der Waals surface area contributed by atoms with E-state index in [2.05, 4.69) is 0 Å². The predicted octanol–water partition coefficient (Wildman–Crippen LogP) is 1.98. The first kappa shape index (κ1) is 9.07. The van der Waals surface area contributed by atoms with Crippen LogP contribution in [0.25, 0.3) is 0 Å². The summed E-state index contributed by atoms with van der Waals surface area (Å²) in [6.45, 7) is 4.03. The summed E-state index contributed by atoms with van der Waals surface area (Å²) in [5.41, 5.74) is 6.78. The molecular weight excluding hydrogens is 150 g/mol. The molecule has 0 heterocycles. The van der Waals surface area contributed by atoms with Crippen LogP contribution in [-0.2, 0) is 5.54 Å². The number of rotatable bonds is 2. The van der Waals surface area contributed by atoms with Crippen molar-refractivity contribution in [2.75, 3.05) is 0 Å². The van der Waals surface area contributed by atoms with Crippen LogP contribution < -0.4 is 5.73 Å². The molecule has 0 radical (unpaired) electrons. The summed E-state index contributed by atoms with van der Waals surface area (Å²) in [6.07, 6.45) is 0.887. The van der Waals surface area contributed by atoms with Crippen molar-refractivity contribution in [3.8, 4) is 5.75 Å². The molecule has 0 fully saturated rings. The van der Waals surface area contributed by atoms with E-state index >= 15 is 0 Å². The molecular formula is C10H15NO. The average molecular weight is 165 g/mol. The molecule has 0 spiro atoms. The van der Waals surface area contributed by atoms with Gasteiger partial charge >= 0.3 is 0 Å². The van der Waals surface area contributed by atoms with Gasteiger partial charge in [-0.1, -0.05) is 19.1 Å². The summed E-state index contributed by atoms with van der Waals surface area (Å²) in [4.78, 5) is 0. The molecule has 1 rings (SSSR count). The van der Waals surface area contributed by atoms with Gasteiger partial charge in [0.1, 0.15) is 5.75 Å². The zero-order chi connectivity index (χ0) is 9.19. The van der Waals surface area contributed by atoms with Gasteiger partial charge in [-0.05, 0) is 31.0 Å². The van der Waals surface area contributed by atoms with Crippen LogP contribution in [0.3, 0.4) is 0 Å². The van der Waals surface area contributed by atoms with Crippen molar-refractivity contribution in [2.24, 2.45) is 5.73 Å². The highest BCUT2D eigenvalue weighted by Crippen LogP contribution is 2.22. The largest absolute Gasteiger partial charge is 0.508 e. The SMILES string of the molecule is CC[C@@](C)(N)c1ccc(O)cc1. The topological polar surface area (TPSA) is 46.2 Å². The molecule has 1 aromatic rings. The lowest BCUT2D eigenvalue weighted by Gasteiger charge is -2.23. The van der Waals surface area contributed by atoms with Crippen LogP contribution in [0.5, 0.6) is 5.75 Å². The molecule has 0 aliphatic carbocycles. The maximum atomic E-state index is 9.05.